The highest BCUT2D eigenvalue weighted by Crippen LogP contribution is 2.32. The molecular weight excluding hydrogens is 178 g/mol. The van der Waals surface area contributed by atoms with E-state index in [9.17, 15) is 4.79 Å². The first-order valence-corrected chi connectivity index (χ1v) is 5.55. The molecule has 2 N–H and O–H groups in total. The van der Waals surface area contributed by atoms with Crippen molar-refractivity contribution in [3.05, 3.63) is 0 Å². The van der Waals surface area contributed by atoms with Crippen LogP contribution in [0.2, 0.25) is 0 Å². The molecule has 1 aliphatic carbocycles. The Labute approximate surface area is 86.0 Å². The predicted molar refractivity (Wildman–Crippen MR) is 55.8 cm³/mol. The van der Waals surface area contributed by atoms with Crippen LogP contribution in [0.5, 0.6) is 0 Å². The lowest BCUT2D eigenvalue weighted by molar-refractivity contribution is -0.147. The summed E-state index contributed by atoms with van der Waals surface area (Å²) in [6.07, 6.45) is 6.68. The molecule has 14 heavy (non-hydrogen) atoms. The Morgan fingerprint density at radius 3 is 2.93 bits per heavy atom. The highest BCUT2D eigenvalue weighted by Gasteiger charge is 2.27. The van der Waals surface area contributed by atoms with Crippen LogP contribution < -0.4 is 5.73 Å². The highest BCUT2D eigenvalue weighted by molar-refractivity contribution is 5.72. The van der Waals surface area contributed by atoms with E-state index in [0.29, 0.717) is 5.92 Å². The molecule has 3 nitrogen and oxygen atoms in total. The fourth-order valence-corrected chi connectivity index (χ4v) is 2.34. The smallest absolute Gasteiger partial charge is 0.308 e. The van der Waals surface area contributed by atoms with Gasteiger partial charge in [0, 0.05) is 0 Å². The van der Waals surface area contributed by atoms with E-state index in [4.69, 9.17) is 10.5 Å². The Kier molecular flexibility index (Phi) is 4.94. The van der Waals surface area contributed by atoms with Gasteiger partial charge in [-0.2, -0.15) is 0 Å². The third-order valence-corrected chi connectivity index (χ3v) is 3.13. The first-order chi connectivity index (χ1) is 6.77. The van der Waals surface area contributed by atoms with Crippen LogP contribution in [-0.2, 0) is 9.53 Å². The summed E-state index contributed by atoms with van der Waals surface area (Å²) >= 11 is 0. The number of methoxy groups -OCH3 is 1. The molecule has 0 aromatic carbocycles. The van der Waals surface area contributed by atoms with Crippen LogP contribution in [0, 0.1) is 11.8 Å². The van der Waals surface area contributed by atoms with E-state index >= 15 is 0 Å². The van der Waals surface area contributed by atoms with Crippen LogP contribution >= 0.6 is 0 Å². The van der Waals surface area contributed by atoms with Crippen molar-refractivity contribution in [3.63, 3.8) is 0 Å². The number of esters is 1. The molecule has 0 aromatic heterocycles. The molecule has 0 heterocycles. The maximum absolute atomic E-state index is 11.3. The van der Waals surface area contributed by atoms with E-state index in [1.807, 2.05) is 0 Å². The van der Waals surface area contributed by atoms with E-state index in [2.05, 4.69) is 0 Å². The van der Waals surface area contributed by atoms with Gasteiger partial charge in [-0.25, -0.2) is 0 Å². The fourth-order valence-electron chi connectivity index (χ4n) is 2.34. The Morgan fingerprint density at radius 1 is 1.50 bits per heavy atom. The molecule has 0 saturated heterocycles. The van der Waals surface area contributed by atoms with Gasteiger partial charge in [-0.1, -0.05) is 12.8 Å². The molecule has 1 fully saturated rings. The second kappa shape index (κ2) is 6.02. The van der Waals surface area contributed by atoms with Gasteiger partial charge >= 0.3 is 5.97 Å². The Bertz CT molecular complexity index is 182. The lowest BCUT2D eigenvalue weighted by Gasteiger charge is -2.27. The SMILES string of the molecule is COC(=O)C1CCCC(CCCN)C1. The quantitative estimate of drug-likeness (QED) is 0.701. The van der Waals surface area contributed by atoms with Crippen LogP contribution in [0.25, 0.3) is 0 Å². The van der Waals surface area contributed by atoms with Crippen molar-refractivity contribution >= 4 is 5.97 Å². The molecule has 1 saturated carbocycles. The van der Waals surface area contributed by atoms with Crippen LogP contribution in [-0.4, -0.2) is 19.6 Å². The van der Waals surface area contributed by atoms with Gasteiger partial charge in [-0.05, 0) is 38.1 Å². The lowest BCUT2D eigenvalue weighted by atomic mass is 9.79. The molecule has 0 spiro atoms. The minimum Gasteiger partial charge on any atom is -0.469 e. The van der Waals surface area contributed by atoms with Crippen molar-refractivity contribution in [3.8, 4) is 0 Å². The second-order valence-corrected chi connectivity index (χ2v) is 4.18. The molecule has 0 amide bonds. The molecule has 3 heteroatoms. The largest absolute Gasteiger partial charge is 0.469 e. The number of hydrogen-bond acceptors (Lipinski definition) is 3. The summed E-state index contributed by atoms with van der Waals surface area (Å²) < 4.78 is 4.78. The highest BCUT2D eigenvalue weighted by atomic mass is 16.5. The second-order valence-electron chi connectivity index (χ2n) is 4.18. The third-order valence-electron chi connectivity index (χ3n) is 3.13. The number of carbonyl (C=O) groups excluding carboxylic acids is 1. The van der Waals surface area contributed by atoms with Gasteiger partial charge in [0.2, 0.25) is 0 Å². The molecule has 0 radical (unpaired) electrons. The van der Waals surface area contributed by atoms with Crippen molar-refractivity contribution in [2.45, 2.75) is 38.5 Å². The van der Waals surface area contributed by atoms with Crippen LogP contribution in [0.1, 0.15) is 38.5 Å². The molecule has 0 aromatic rings. The Morgan fingerprint density at radius 2 is 2.29 bits per heavy atom. The van der Waals surface area contributed by atoms with E-state index < -0.39 is 0 Å². The minimum absolute atomic E-state index is 0.0255. The summed E-state index contributed by atoms with van der Waals surface area (Å²) in [5.74, 6) is 0.815. The summed E-state index contributed by atoms with van der Waals surface area (Å²) in [5.41, 5.74) is 5.47. The monoisotopic (exact) mass is 199 g/mol. The van der Waals surface area contributed by atoms with Crippen LogP contribution in [0.15, 0.2) is 0 Å². The van der Waals surface area contributed by atoms with E-state index in [-0.39, 0.29) is 11.9 Å². The first-order valence-electron chi connectivity index (χ1n) is 5.55. The average Bonchev–Trinajstić information content (AvgIpc) is 2.25. The van der Waals surface area contributed by atoms with E-state index in [1.54, 1.807) is 0 Å². The molecule has 0 bridgehead atoms. The first kappa shape index (κ1) is 11.5. The molecule has 1 aliphatic rings. The number of hydrogen-bond donors (Lipinski definition) is 1. The Hall–Kier alpha value is -0.570. The average molecular weight is 199 g/mol. The zero-order valence-electron chi connectivity index (χ0n) is 9.00. The topological polar surface area (TPSA) is 52.3 Å². The summed E-state index contributed by atoms with van der Waals surface area (Å²) in [4.78, 5) is 11.3. The summed E-state index contributed by atoms with van der Waals surface area (Å²) in [6.45, 7) is 0.763. The minimum atomic E-state index is -0.0255. The zero-order valence-corrected chi connectivity index (χ0v) is 9.00. The summed E-state index contributed by atoms with van der Waals surface area (Å²) in [7, 11) is 1.48. The molecule has 0 aliphatic heterocycles. The van der Waals surface area contributed by atoms with Crippen molar-refractivity contribution in [1.82, 2.24) is 0 Å². The number of ether oxygens (including phenoxy) is 1. The third kappa shape index (κ3) is 3.29. The molecule has 1 rings (SSSR count). The van der Waals surface area contributed by atoms with Gasteiger partial charge in [-0.15, -0.1) is 0 Å². The summed E-state index contributed by atoms with van der Waals surface area (Å²) in [5, 5.41) is 0. The van der Waals surface area contributed by atoms with Gasteiger partial charge in [0.05, 0.1) is 13.0 Å². The number of nitrogens with two attached hydrogens (primary N) is 1. The van der Waals surface area contributed by atoms with Crippen LogP contribution in [0.4, 0.5) is 0 Å². The molecule has 82 valence electrons. The number of carbonyl (C=O) groups is 1. The van der Waals surface area contributed by atoms with Gasteiger partial charge in [0.25, 0.3) is 0 Å². The molecule has 2 atom stereocenters. The van der Waals surface area contributed by atoms with Gasteiger partial charge in [-0.3, -0.25) is 4.79 Å². The van der Waals surface area contributed by atoms with Crippen molar-refractivity contribution in [2.24, 2.45) is 17.6 Å². The maximum Gasteiger partial charge on any atom is 0.308 e. The van der Waals surface area contributed by atoms with Gasteiger partial charge < -0.3 is 10.5 Å². The molecular formula is C11H21NO2. The van der Waals surface area contributed by atoms with Crippen molar-refractivity contribution in [2.75, 3.05) is 13.7 Å². The number of rotatable bonds is 4. The van der Waals surface area contributed by atoms with E-state index in [0.717, 1.165) is 32.2 Å². The summed E-state index contributed by atoms with van der Waals surface area (Å²) in [6, 6.07) is 0. The zero-order chi connectivity index (χ0) is 10.4. The van der Waals surface area contributed by atoms with Gasteiger partial charge in [0.15, 0.2) is 0 Å². The predicted octanol–water partition coefficient (Wildman–Crippen LogP) is 1.70. The molecule has 2 unspecified atom stereocenters. The van der Waals surface area contributed by atoms with E-state index in [1.165, 1.54) is 20.0 Å². The van der Waals surface area contributed by atoms with Gasteiger partial charge in [0.1, 0.15) is 0 Å². The van der Waals surface area contributed by atoms with Crippen molar-refractivity contribution in [1.29, 1.82) is 0 Å². The lowest BCUT2D eigenvalue weighted by Crippen LogP contribution is -2.24. The Balaban J connectivity index is 2.31. The normalized spacial score (nSPS) is 27.3. The maximum atomic E-state index is 11.3. The van der Waals surface area contributed by atoms with Crippen molar-refractivity contribution < 1.29 is 9.53 Å². The standard InChI is InChI=1S/C11H21NO2/c1-14-11(13)10-6-2-4-9(8-10)5-3-7-12/h9-10H,2-8,12H2,1H3. The fraction of sp³-hybridized carbons (Fsp3) is 0.909. The van der Waals surface area contributed by atoms with Crippen LogP contribution in [0.3, 0.4) is 0 Å².